The minimum absolute atomic E-state index is 0.0972. The van der Waals surface area contributed by atoms with Gasteiger partial charge in [-0.15, -0.1) is 0 Å². The predicted molar refractivity (Wildman–Crippen MR) is 62.3 cm³/mol. The van der Waals surface area contributed by atoms with E-state index in [1.807, 2.05) is 41.5 Å². The van der Waals surface area contributed by atoms with Crippen LogP contribution in [0.3, 0.4) is 0 Å². The normalized spacial score (nSPS) is 13.5. The van der Waals surface area contributed by atoms with Gasteiger partial charge in [0, 0.05) is 0 Å². The van der Waals surface area contributed by atoms with E-state index in [9.17, 15) is 0 Å². The van der Waals surface area contributed by atoms with Crippen molar-refractivity contribution in [3.8, 4) is 0 Å². The van der Waals surface area contributed by atoms with E-state index in [1.54, 1.807) is 0 Å². The van der Waals surface area contributed by atoms with Crippen molar-refractivity contribution < 1.29 is 10.2 Å². The third-order valence-corrected chi connectivity index (χ3v) is 2.71. The molecule has 0 saturated carbocycles. The van der Waals surface area contributed by atoms with Crippen molar-refractivity contribution in [1.29, 1.82) is 0 Å². The lowest BCUT2D eigenvalue weighted by atomic mass is 10.0. The highest BCUT2D eigenvalue weighted by Gasteiger charge is 2.12. The molecule has 0 aromatic heterocycles. The first-order valence-electron chi connectivity index (χ1n) is 5.71. The maximum absolute atomic E-state index is 9.13. The van der Waals surface area contributed by atoms with E-state index in [-0.39, 0.29) is 6.10 Å². The van der Waals surface area contributed by atoms with Crippen LogP contribution in [0, 0.1) is 5.92 Å². The zero-order valence-electron chi connectivity index (χ0n) is 10.7. The molecule has 0 aromatic carbocycles. The average Bonchev–Trinajstić information content (AvgIpc) is 2.17. The first-order valence-corrected chi connectivity index (χ1v) is 5.71. The van der Waals surface area contributed by atoms with Crippen molar-refractivity contribution in [2.24, 2.45) is 5.92 Å². The highest BCUT2D eigenvalue weighted by atomic mass is 16.3. The summed E-state index contributed by atoms with van der Waals surface area (Å²) < 4.78 is 0. The molecule has 1 atom stereocenters. The second-order valence-corrected chi connectivity index (χ2v) is 4.42. The summed E-state index contributed by atoms with van der Waals surface area (Å²) in [5.41, 5.74) is -0.417. The number of hydrogen-bond donors (Lipinski definition) is 2. The molecule has 2 N–H and O–H groups in total. The molecule has 0 amide bonds. The van der Waals surface area contributed by atoms with E-state index in [0.717, 1.165) is 19.3 Å². The van der Waals surface area contributed by atoms with Gasteiger partial charge in [0.2, 0.25) is 0 Å². The van der Waals surface area contributed by atoms with Crippen LogP contribution in [0.15, 0.2) is 0 Å². The molecule has 0 aliphatic carbocycles. The van der Waals surface area contributed by atoms with Gasteiger partial charge in [-0.3, -0.25) is 0 Å². The van der Waals surface area contributed by atoms with E-state index in [0.29, 0.717) is 5.92 Å². The molecule has 0 aliphatic heterocycles. The Balaban J connectivity index is 0. The fourth-order valence-electron chi connectivity index (χ4n) is 0.721. The molecule has 88 valence electrons. The molecule has 0 aromatic rings. The standard InChI is InChI=1S/2C6H14O/c1-4-6(3,7)5-2;1-4-6(7)5(2)3/h7H,4-5H2,1-3H3;5-7H,4H2,1-3H3. The summed E-state index contributed by atoms with van der Waals surface area (Å²) in [6.07, 6.45) is 2.48. The molecule has 0 aliphatic rings. The van der Waals surface area contributed by atoms with Crippen LogP contribution in [-0.4, -0.2) is 21.9 Å². The van der Waals surface area contributed by atoms with E-state index in [4.69, 9.17) is 10.2 Å². The fraction of sp³-hybridized carbons (Fsp3) is 1.00. The Hall–Kier alpha value is -0.0800. The highest BCUT2D eigenvalue weighted by molar-refractivity contribution is 4.65. The topological polar surface area (TPSA) is 40.5 Å². The summed E-state index contributed by atoms with van der Waals surface area (Å²) in [6, 6.07) is 0. The molecule has 14 heavy (non-hydrogen) atoms. The molecule has 0 rings (SSSR count). The lowest BCUT2D eigenvalue weighted by Crippen LogP contribution is -2.20. The van der Waals surface area contributed by atoms with Crippen molar-refractivity contribution in [1.82, 2.24) is 0 Å². The van der Waals surface area contributed by atoms with Crippen LogP contribution in [-0.2, 0) is 0 Å². The van der Waals surface area contributed by atoms with Gasteiger partial charge in [0.05, 0.1) is 11.7 Å². The van der Waals surface area contributed by atoms with E-state index < -0.39 is 5.60 Å². The van der Waals surface area contributed by atoms with E-state index in [2.05, 4.69) is 0 Å². The smallest absolute Gasteiger partial charge is 0.0614 e. The Labute approximate surface area is 89.3 Å². The zero-order chi connectivity index (χ0) is 11.8. The van der Waals surface area contributed by atoms with Crippen LogP contribution in [0.4, 0.5) is 0 Å². The Morgan fingerprint density at radius 2 is 1.43 bits per heavy atom. The summed E-state index contributed by atoms with van der Waals surface area (Å²) >= 11 is 0. The summed E-state index contributed by atoms with van der Waals surface area (Å²) in [7, 11) is 0. The van der Waals surface area contributed by atoms with Crippen molar-refractivity contribution in [2.45, 2.75) is 72.5 Å². The fourth-order valence-corrected chi connectivity index (χ4v) is 0.721. The van der Waals surface area contributed by atoms with Gasteiger partial charge in [0.1, 0.15) is 0 Å². The maximum Gasteiger partial charge on any atom is 0.0614 e. The van der Waals surface area contributed by atoms with Crippen LogP contribution < -0.4 is 0 Å². The van der Waals surface area contributed by atoms with Gasteiger partial charge >= 0.3 is 0 Å². The molecular formula is C12H28O2. The molecule has 0 radical (unpaired) electrons. The second kappa shape index (κ2) is 8.25. The second-order valence-electron chi connectivity index (χ2n) is 4.42. The van der Waals surface area contributed by atoms with Crippen molar-refractivity contribution in [3.63, 3.8) is 0 Å². The largest absolute Gasteiger partial charge is 0.393 e. The zero-order valence-corrected chi connectivity index (χ0v) is 10.7. The molecule has 1 unspecified atom stereocenters. The molecule has 0 saturated heterocycles. The number of rotatable bonds is 4. The Kier molecular flexibility index (Phi) is 9.63. The quantitative estimate of drug-likeness (QED) is 0.739. The van der Waals surface area contributed by atoms with Gasteiger partial charge in [-0.2, -0.15) is 0 Å². The van der Waals surface area contributed by atoms with E-state index in [1.165, 1.54) is 0 Å². The van der Waals surface area contributed by atoms with Crippen LogP contribution >= 0.6 is 0 Å². The van der Waals surface area contributed by atoms with Crippen LogP contribution in [0.5, 0.6) is 0 Å². The van der Waals surface area contributed by atoms with Gasteiger partial charge < -0.3 is 10.2 Å². The number of aliphatic hydroxyl groups is 2. The minimum Gasteiger partial charge on any atom is -0.393 e. The highest BCUT2D eigenvalue weighted by Crippen LogP contribution is 2.11. The van der Waals surface area contributed by atoms with Crippen LogP contribution in [0.25, 0.3) is 0 Å². The first-order chi connectivity index (χ1) is 6.30. The van der Waals surface area contributed by atoms with Gasteiger partial charge in [-0.1, -0.05) is 34.6 Å². The van der Waals surface area contributed by atoms with Crippen LogP contribution in [0.1, 0.15) is 60.8 Å². The molecule has 0 fully saturated rings. The lowest BCUT2D eigenvalue weighted by Gasteiger charge is -2.17. The average molecular weight is 204 g/mol. The summed E-state index contributed by atoms with van der Waals surface area (Å²) in [5.74, 6) is 0.421. The Morgan fingerprint density at radius 1 is 1.07 bits per heavy atom. The lowest BCUT2D eigenvalue weighted by molar-refractivity contribution is 0.0521. The van der Waals surface area contributed by atoms with Gasteiger partial charge in [-0.05, 0) is 32.1 Å². The molecule has 2 nitrogen and oxygen atoms in total. The summed E-state index contributed by atoms with van der Waals surface area (Å²) in [5, 5.41) is 18.1. The monoisotopic (exact) mass is 204 g/mol. The third kappa shape index (κ3) is 10.0. The summed E-state index contributed by atoms with van der Waals surface area (Å²) in [4.78, 5) is 0. The minimum atomic E-state index is -0.417. The van der Waals surface area contributed by atoms with Crippen molar-refractivity contribution in [3.05, 3.63) is 0 Å². The molecule has 0 heterocycles. The molecule has 0 bridgehead atoms. The number of aliphatic hydroxyl groups excluding tert-OH is 1. The van der Waals surface area contributed by atoms with Gasteiger partial charge in [0.25, 0.3) is 0 Å². The maximum atomic E-state index is 9.13. The number of hydrogen-bond acceptors (Lipinski definition) is 2. The van der Waals surface area contributed by atoms with Crippen LogP contribution in [0.2, 0.25) is 0 Å². The third-order valence-electron chi connectivity index (χ3n) is 2.71. The van der Waals surface area contributed by atoms with Gasteiger partial charge in [-0.25, -0.2) is 0 Å². The Morgan fingerprint density at radius 3 is 1.43 bits per heavy atom. The predicted octanol–water partition coefficient (Wildman–Crippen LogP) is 2.97. The van der Waals surface area contributed by atoms with Crippen molar-refractivity contribution in [2.75, 3.05) is 0 Å². The molecule has 2 heteroatoms. The SMILES string of the molecule is CCC(C)(O)CC.CCC(O)C(C)C. The first kappa shape index (κ1) is 16.4. The van der Waals surface area contributed by atoms with E-state index >= 15 is 0 Å². The Bertz CT molecular complexity index is 113. The summed E-state index contributed by atoms with van der Waals surface area (Å²) in [6.45, 7) is 11.9. The van der Waals surface area contributed by atoms with Crippen molar-refractivity contribution >= 4 is 0 Å². The molecule has 0 spiro atoms. The molecular weight excluding hydrogens is 176 g/mol. The van der Waals surface area contributed by atoms with Gasteiger partial charge in [0.15, 0.2) is 0 Å².